The molecule has 24 heavy (non-hydrogen) atoms. The minimum absolute atomic E-state index is 0.256. The molecule has 0 atom stereocenters. The third-order valence-electron chi connectivity index (χ3n) is 2.71. The minimum atomic E-state index is -4.40. The second kappa shape index (κ2) is 8.69. The van der Waals surface area contributed by atoms with Crippen molar-refractivity contribution >= 4 is 46.0 Å². The lowest BCUT2D eigenvalue weighted by molar-refractivity contribution is -0.137. The van der Waals surface area contributed by atoms with Gasteiger partial charge in [0.1, 0.15) is 5.71 Å². The molecule has 0 amide bonds. The smallest absolute Gasteiger partial charge is 0.364 e. The first-order valence-corrected chi connectivity index (χ1v) is 7.51. The highest BCUT2D eigenvalue weighted by atomic mass is 32.1. The predicted octanol–water partition coefficient (Wildman–Crippen LogP) is 2.82. The van der Waals surface area contributed by atoms with Crippen molar-refractivity contribution in [2.24, 2.45) is 10.2 Å². The zero-order valence-electron chi connectivity index (χ0n) is 13.2. The van der Waals surface area contributed by atoms with Crippen molar-refractivity contribution in [3.05, 3.63) is 35.4 Å². The largest absolute Gasteiger partial charge is 0.416 e. The first-order valence-electron chi connectivity index (χ1n) is 6.69. The Labute approximate surface area is 148 Å². The molecule has 0 aliphatic heterocycles. The van der Waals surface area contributed by atoms with Gasteiger partial charge in [-0.1, -0.05) is 24.4 Å². The summed E-state index contributed by atoms with van der Waals surface area (Å²) in [5.74, 6) is 0. The molecule has 1 aromatic carbocycles. The molecule has 0 aliphatic rings. The number of alkyl halides is 3. The van der Waals surface area contributed by atoms with E-state index in [9.17, 15) is 13.2 Å². The Morgan fingerprint density at radius 3 is 2.04 bits per heavy atom. The van der Waals surface area contributed by atoms with E-state index >= 15 is 0 Å². The number of nitrogens with one attached hydrogen (secondary N) is 3. The molecule has 10 heteroatoms. The minimum Gasteiger partial charge on any atom is -0.364 e. The van der Waals surface area contributed by atoms with Crippen molar-refractivity contribution in [1.82, 2.24) is 16.2 Å². The van der Waals surface area contributed by atoms with Gasteiger partial charge < -0.3 is 5.32 Å². The van der Waals surface area contributed by atoms with Crippen LogP contribution in [0.3, 0.4) is 0 Å². The summed E-state index contributed by atoms with van der Waals surface area (Å²) in [4.78, 5) is 0.444. The summed E-state index contributed by atoms with van der Waals surface area (Å²) in [6, 6.07) is 4.59. The Morgan fingerprint density at radius 1 is 1.00 bits per heavy atom. The van der Waals surface area contributed by atoms with Crippen LogP contribution in [0.1, 0.15) is 25.0 Å². The van der Waals surface area contributed by atoms with Crippen molar-refractivity contribution in [1.29, 1.82) is 0 Å². The van der Waals surface area contributed by atoms with Gasteiger partial charge in [0.05, 0.1) is 16.3 Å². The summed E-state index contributed by atoms with van der Waals surface area (Å²) in [5.41, 5.74) is 5.65. The summed E-state index contributed by atoms with van der Waals surface area (Å²) in [6.07, 6.45) is -4.40. The van der Waals surface area contributed by atoms with Crippen LogP contribution >= 0.6 is 24.4 Å². The quantitative estimate of drug-likeness (QED) is 0.429. The zero-order chi connectivity index (χ0) is 18.3. The van der Waals surface area contributed by atoms with Crippen LogP contribution < -0.4 is 16.2 Å². The highest BCUT2D eigenvalue weighted by Crippen LogP contribution is 2.29. The second-order valence-corrected chi connectivity index (χ2v) is 5.61. The SMILES string of the molecule is CNC(=S)N/N=C(/C(C)=N/NC(C)=S)c1ccc(C(F)(F)F)cc1. The van der Waals surface area contributed by atoms with E-state index in [0.717, 1.165) is 12.1 Å². The Hall–Kier alpha value is -2.07. The Kier molecular flexibility index (Phi) is 7.23. The molecule has 0 aliphatic carbocycles. The van der Waals surface area contributed by atoms with Crippen LogP contribution in [0.5, 0.6) is 0 Å². The number of thiocarbonyl (C=S) groups is 2. The van der Waals surface area contributed by atoms with Gasteiger partial charge in [-0.05, 0) is 38.2 Å². The van der Waals surface area contributed by atoms with Crippen LogP contribution in [0, 0.1) is 0 Å². The molecule has 1 rings (SSSR count). The maximum absolute atomic E-state index is 12.7. The molecule has 0 unspecified atom stereocenters. The van der Waals surface area contributed by atoms with E-state index in [1.165, 1.54) is 12.1 Å². The van der Waals surface area contributed by atoms with Crippen molar-refractivity contribution in [3.8, 4) is 0 Å². The monoisotopic (exact) mass is 375 g/mol. The summed E-state index contributed by atoms with van der Waals surface area (Å²) in [5, 5.41) is 11.1. The zero-order valence-corrected chi connectivity index (χ0v) is 14.8. The maximum atomic E-state index is 12.7. The van der Waals surface area contributed by atoms with Gasteiger partial charge in [-0.25, -0.2) is 0 Å². The molecule has 0 spiro atoms. The van der Waals surface area contributed by atoms with E-state index in [4.69, 9.17) is 24.4 Å². The number of benzene rings is 1. The molecule has 0 radical (unpaired) electrons. The average molecular weight is 375 g/mol. The summed E-state index contributed by atoms with van der Waals surface area (Å²) in [6.45, 7) is 3.29. The highest BCUT2D eigenvalue weighted by molar-refractivity contribution is 7.80. The molecule has 0 saturated heterocycles. The Balaban J connectivity index is 3.19. The van der Waals surface area contributed by atoms with Crippen LogP contribution in [0.25, 0.3) is 0 Å². The summed E-state index contributed by atoms with van der Waals surface area (Å²) in [7, 11) is 1.61. The van der Waals surface area contributed by atoms with Crippen LogP contribution in [-0.4, -0.2) is 28.6 Å². The third-order valence-corrected chi connectivity index (χ3v) is 3.09. The highest BCUT2D eigenvalue weighted by Gasteiger charge is 2.30. The number of hydrazone groups is 2. The number of rotatable bonds is 4. The third kappa shape index (κ3) is 6.20. The molecule has 0 bridgehead atoms. The fraction of sp³-hybridized carbons (Fsp3) is 0.286. The Morgan fingerprint density at radius 2 is 1.58 bits per heavy atom. The Bertz CT molecular complexity index is 666. The van der Waals surface area contributed by atoms with Crippen LogP contribution in [0.4, 0.5) is 13.2 Å². The molecule has 0 fully saturated rings. The number of halogens is 3. The van der Waals surface area contributed by atoms with Crippen molar-refractivity contribution in [2.45, 2.75) is 20.0 Å². The molecule has 130 valence electrons. The molecular weight excluding hydrogens is 359 g/mol. The van der Waals surface area contributed by atoms with Gasteiger partial charge in [0, 0.05) is 12.6 Å². The topological polar surface area (TPSA) is 60.8 Å². The van der Waals surface area contributed by atoms with Crippen molar-refractivity contribution in [2.75, 3.05) is 7.05 Å². The van der Waals surface area contributed by atoms with Gasteiger partial charge in [-0.15, -0.1) is 0 Å². The molecule has 5 nitrogen and oxygen atoms in total. The lowest BCUT2D eigenvalue weighted by Crippen LogP contribution is -2.31. The number of hydrogen-bond donors (Lipinski definition) is 3. The van der Waals surface area contributed by atoms with E-state index in [2.05, 4.69) is 26.4 Å². The number of nitrogens with zero attached hydrogens (tertiary/aromatic N) is 2. The van der Waals surface area contributed by atoms with Gasteiger partial charge in [0.25, 0.3) is 0 Å². The van der Waals surface area contributed by atoms with Gasteiger partial charge in [-0.3, -0.25) is 10.9 Å². The normalized spacial score (nSPS) is 12.6. The first-order chi connectivity index (χ1) is 11.1. The standard InChI is InChI=1S/C14H16F3N5S2/c1-8(19-20-9(2)23)12(21-22-13(24)18-3)10-4-6-11(7-5-10)14(15,16)17/h4-7H,1-3H3,(H,20,23)(H2,18,22,24)/b19-8+,21-12-. The predicted molar refractivity (Wildman–Crippen MR) is 97.3 cm³/mol. The van der Waals surface area contributed by atoms with Crippen LogP contribution in [-0.2, 0) is 6.18 Å². The van der Waals surface area contributed by atoms with E-state index in [0.29, 0.717) is 22.0 Å². The fourth-order valence-electron chi connectivity index (χ4n) is 1.55. The lowest BCUT2D eigenvalue weighted by atomic mass is 10.0. The van der Waals surface area contributed by atoms with Crippen LogP contribution in [0.15, 0.2) is 34.5 Å². The molecule has 0 saturated carbocycles. The average Bonchev–Trinajstić information content (AvgIpc) is 2.52. The molecule has 1 aromatic rings. The van der Waals surface area contributed by atoms with Gasteiger partial charge in [0.2, 0.25) is 0 Å². The van der Waals surface area contributed by atoms with Crippen molar-refractivity contribution < 1.29 is 13.2 Å². The summed E-state index contributed by atoms with van der Waals surface area (Å²) >= 11 is 9.80. The maximum Gasteiger partial charge on any atom is 0.416 e. The van der Waals surface area contributed by atoms with Gasteiger partial charge in [0.15, 0.2) is 5.11 Å². The number of hydrogen-bond acceptors (Lipinski definition) is 4. The van der Waals surface area contributed by atoms with Crippen LogP contribution in [0.2, 0.25) is 0 Å². The lowest BCUT2D eigenvalue weighted by Gasteiger charge is -2.11. The molecule has 0 aromatic heterocycles. The van der Waals surface area contributed by atoms with Gasteiger partial charge in [-0.2, -0.15) is 23.4 Å². The second-order valence-electron chi connectivity index (χ2n) is 4.59. The first kappa shape index (κ1) is 20.0. The van der Waals surface area contributed by atoms with Crippen molar-refractivity contribution in [3.63, 3.8) is 0 Å². The fourth-order valence-corrected chi connectivity index (χ4v) is 1.64. The van der Waals surface area contributed by atoms with E-state index in [1.807, 2.05) is 0 Å². The summed E-state index contributed by atoms with van der Waals surface area (Å²) < 4.78 is 38.0. The van der Waals surface area contributed by atoms with E-state index in [1.54, 1.807) is 20.9 Å². The molecular formula is C14H16F3N5S2. The molecule has 3 N–H and O–H groups in total. The molecule has 0 heterocycles. The van der Waals surface area contributed by atoms with Gasteiger partial charge >= 0.3 is 6.18 Å². The van der Waals surface area contributed by atoms with E-state index in [-0.39, 0.29) is 5.11 Å². The van der Waals surface area contributed by atoms with E-state index < -0.39 is 11.7 Å².